The van der Waals surface area contributed by atoms with Crippen molar-refractivity contribution in [1.82, 2.24) is 14.9 Å². The van der Waals surface area contributed by atoms with E-state index in [1.54, 1.807) is 22.9 Å². The predicted octanol–water partition coefficient (Wildman–Crippen LogP) is 5.07. The van der Waals surface area contributed by atoms with Crippen LogP contribution in [-0.4, -0.2) is 14.9 Å². The van der Waals surface area contributed by atoms with Gasteiger partial charge in [-0.25, -0.2) is 14.2 Å². The first-order chi connectivity index (χ1) is 14.2. The lowest BCUT2D eigenvalue weighted by atomic mass is 10.2. The Labute approximate surface area is 172 Å². The lowest BCUT2D eigenvalue weighted by Crippen LogP contribution is -2.16. The van der Waals surface area contributed by atoms with E-state index in [2.05, 4.69) is 15.6 Å². The molecule has 0 spiro atoms. The number of para-hydroxylation sites is 1. The maximum Gasteiger partial charge on any atom is 0.214 e. The van der Waals surface area contributed by atoms with Gasteiger partial charge in [-0.2, -0.15) is 5.10 Å². The zero-order valence-electron chi connectivity index (χ0n) is 15.5. The van der Waals surface area contributed by atoms with Gasteiger partial charge in [-0.15, -0.1) is 0 Å². The molecule has 0 saturated carbocycles. The summed E-state index contributed by atoms with van der Waals surface area (Å²) in [4.78, 5) is 0. The van der Waals surface area contributed by atoms with Crippen molar-refractivity contribution < 1.29 is 9.13 Å². The highest BCUT2D eigenvalue weighted by Crippen LogP contribution is 2.21. The van der Waals surface area contributed by atoms with E-state index in [0.29, 0.717) is 28.5 Å². The van der Waals surface area contributed by atoms with E-state index in [1.807, 2.05) is 54.6 Å². The maximum atomic E-state index is 13.9. The number of hydrogen-bond acceptors (Lipinski definition) is 4. The molecule has 0 fully saturated rings. The Morgan fingerprint density at radius 2 is 1.62 bits per heavy atom. The fourth-order valence-corrected chi connectivity index (χ4v) is 3.15. The van der Waals surface area contributed by atoms with Gasteiger partial charge in [0.15, 0.2) is 5.82 Å². The molecule has 29 heavy (non-hydrogen) atoms. The van der Waals surface area contributed by atoms with E-state index in [9.17, 15) is 4.39 Å². The molecular formula is C22H19FN4OS. The van der Waals surface area contributed by atoms with Crippen molar-refractivity contribution in [3.05, 3.63) is 101 Å². The zero-order chi connectivity index (χ0) is 20.1. The van der Waals surface area contributed by atoms with Gasteiger partial charge in [0.1, 0.15) is 18.2 Å². The highest BCUT2D eigenvalue weighted by molar-refractivity contribution is 7.71. The van der Waals surface area contributed by atoms with E-state index in [0.717, 1.165) is 11.1 Å². The molecule has 0 amide bonds. The van der Waals surface area contributed by atoms with E-state index in [4.69, 9.17) is 17.0 Å². The molecule has 1 aromatic heterocycles. The summed E-state index contributed by atoms with van der Waals surface area (Å²) in [6, 6.07) is 24.0. The molecule has 0 bridgehead atoms. The molecule has 1 heterocycles. The van der Waals surface area contributed by atoms with Crippen molar-refractivity contribution in [3.8, 4) is 17.1 Å². The Kier molecular flexibility index (Phi) is 5.67. The molecule has 2 N–H and O–H groups in total. The Morgan fingerprint density at radius 3 is 2.41 bits per heavy atom. The number of aromatic amines is 1. The minimum absolute atomic E-state index is 0.157. The summed E-state index contributed by atoms with van der Waals surface area (Å²) in [6.07, 6.45) is 0. The smallest absolute Gasteiger partial charge is 0.214 e. The van der Waals surface area contributed by atoms with Crippen molar-refractivity contribution in [2.75, 3.05) is 5.43 Å². The number of halogens is 1. The first-order valence-electron chi connectivity index (χ1n) is 9.13. The maximum absolute atomic E-state index is 13.9. The number of ether oxygens (including phenoxy) is 1. The number of nitrogens with one attached hydrogen (secondary N) is 2. The van der Waals surface area contributed by atoms with Gasteiger partial charge in [0, 0.05) is 16.7 Å². The van der Waals surface area contributed by atoms with Gasteiger partial charge in [0.2, 0.25) is 4.77 Å². The molecular weight excluding hydrogens is 387 g/mol. The number of hydrogen-bond donors (Lipinski definition) is 2. The van der Waals surface area contributed by atoms with Crippen LogP contribution < -0.4 is 10.2 Å². The molecule has 0 aliphatic rings. The van der Waals surface area contributed by atoms with Crippen LogP contribution in [-0.2, 0) is 13.2 Å². The van der Waals surface area contributed by atoms with Crippen molar-refractivity contribution in [2.45, 2.75) is 13.2 Å². The summed E-state index contributed by atoms with van der Waals surface area (Å²) in [6.45, 7) is 0.616. The molecule has 4 aromatic rings. The van der Waals surface area contributed by atoms with Crippen LogP contribution in [0.4, 0.5) is 4.39 Å². The second-order valence-corrected chi connectivity index (χ2v) is 6.76. The van der Waals surface area contributed by atoms with Crippen LogP contribution in [0.25, 0.3) is 11.4 Å². The van der Waals surface area contributed by atoms with Gasteiger partial charge in [-0.1, -0.05) is 66.7 Å². The predicted molar refractivity (Wildman–Crippen MR) is 113 cm³/mol. The van der Waals surface area contributed by atoms with Gasteiger partial charge >= 0.3 is 0 Å². The molecule has 0 aliphatic carbocycles. The summed E-state index contributed by atoms with van der Waals surface area (Å²) in [5.74, 6) is 1.10. The second-order valence-electron chi connectivity index (χ2n) is 6.38. The summed E-state index contributed by atoms with van der Waals surface area (Å²) < 4.78 is 21.9. The van der Waals surface area contributed by atoms with E-state index >= 15 is 0 Å². The summed E-state index contributed by atoms with van der Waals surface area (Å²) in [5.41, 5.74) is 5.67. The van der Waals surface area contributed by atoms with Gasteiger partial charge in [0.05, 0.1) is 6.54 Å². The van der Waals surface area contributed by atoms with Crippen LogP contribution in [0.1, 0.15) is 11.1 Å². The van der Waals surface area contributed by atoms with E-state index < -0.39 is 0 Å². The number of rotatable bonds is 7. The molecule has 0 radical (unpaired) electrons. The molecule has 146 valence electrons. The minimum atomic E-state index is -0.277. The third kappa shape index (κ3) is 4.35. The van der Waals surface area contributed by atoms with Gasteiger partial charge < -0.3 is 10.2 Å². The zero-order valence-corrected chi connectivity index (χ0v) is 16.3. The van der Waals surface area contributed by atoms with Crippen molar-refractivity contribution in [1.29, 1.82) is 0 Å². The largest absolute Gasteiger partial charge is 0.488 e. The highest BCUT2D eigenvalue weighted by atomic mass is 32.1. The van der Waals surface area contributed by atoms with Crippen LogP contribution in [0.15, 0.2) is 78.9 Å². The summed E-state index contributed by atoms with van der Waals surface area (Å²) >= 11 is 5.36. The lowest BCUT2D eigenvalue weighted by molar-refractivity contribution is 0.297. The monoisotopic (exact) mass is 406 g/mol. The molecule has 7 heteroatoms. The third-order valence-corrected chi connectivity index (χ3v) is 4.72. The molecule has 3 aromatic carbocycles. The Bertz CT molecular complexity index is 1160. The number of aromatic nitrogens is 3. The minimum Gasteiger partial charge on any atom is -0.488 e. The van der Waals surface area contributed by atoms with E-state index in [-0.39, 0.29) is 12.4 Å². The van der Waals surface area contributed by atoms with Gasteiger partial charge in [-0.3, -0.25) is 0 Å². The molecule has 4 rings (SSSR count). The van der Waals surface area contributed by atoms with Crippen molar-refractivity contribution >= 4 is 12.2 Å². The van der Waals surface area contributed by atoms with Crippen LogP contribution in [0.5, 0.6) is 5.75 Å². The van der Waals surface area contributed by atoms with Gasteiger partial charge in [-0.05, 0) is 24.4 Å². The first kappa shape index (κ1) is 18.9. The Balaban J connectivity index is 1.51. The fraction of sp³-hybridized carbons (Fsp3) is 0.0909. The average molecular weight is 406 g/mol. The van der Waals surface area contributed by atoms with Crippen molar-refractivity contribution in [2.24, 2.45) is 0 Å². The van der Waals surface area contributed by atoms with E-state index in [1.165, 1.54) is 6.07 Å². The van der Waals surface area contributed by atoms with Gasteiger partial charge in [0.25, 0.3) is 0 Å². The Hall–Kier alpha value is -3.45. The van der Waals surface area contributed by atoms with Crippen LogP contribution in [0.3, 0.4) is 0 Å². The topological polar surface area (TPSA) is 54.9 Å². The second kappa shape index (κ2) is 8.70. The summed E-state index contributed by atoms with van der Waals surface area (Å²) in [7, 11) is 0. The third-order valence-electron chi connectivity index (χ3n) is 4.45. The number of benzene rings is 3. The molecule has 5 nitrogen and oxygen atoms in total. The highest BCUT2D eigenvalue weighted by Gasteiger charge is 2.10. The normalized spacial score (nSPS) is 10.7. The SMILES string of the molecule is Fc1ccccc1COc1ccccc1CNn1c(-c2ccccc2)n[nH]c1=S. The lowest BCUT2D eigenvalue weighted by Gasteiger charge is -2.14. The molecule has 0 aliphatic heterocycles. The first-order valence-corrected chi connectivity index (χ1v) is 9.54. The molecule has 0 atom stereocenters. The summed E-state index contributed by atoms with van der Waals surface area (Å²) in [5, 5.41) is 7.14. The standard InChI is InChI=1S/C22H19FN4OS/c23-19-12-6-4-11-18(19)15-28-20-13-7-5-10-17(20)14-24-27-21(25-26-22(27)29)16-8-2-1-3-9-16/h1-13,24H,14-15H2,(H,26,29). The van der Waals surface area contributed by atoms with Crippen molar-refractivity contribution in [3.63, 3.8) is 0 Å². The molecule has 0 unspecified atom stereocenters. The number of nitrogens with zero attached hydrogens (tertiary/aromatic N) is 2. The average Bonchev–Trinajstić information content (AvgIpc) is 3.13. The Morgan fingerprint density at radius 1 is 0.931 bits per heavy atom. The number of H-pyrrole nitrogens is 1. The quantitative estimate of drug-likeness (QED) is 0.421. The fourth-order valence-electron chi connectivity index (χ4n) is 2.95. The van der Waals surface area contributed by atoms with Crippen LogP contribution in [0.2, 0.25) is 0 Å². The van der Waals surface area contributed by atoms with Crippen LogP contribution in [0, 0.1) is 10.6 Å². The molecule has 0 saturated heterocycles. The van der Waals surface area contributed by atoms with Crippen LogP contribution >= 0.6 is 12.2 Å².